The van der Waals surface area contributed by atoms with Gasteiger partial charge in [0.25, 0.3) is 0 Å². The van der Waals surface area contributed by atoms with E-state index in [0.29, 0.717) is 17.2 Å². The Kier molecular flexibility index (Phi) is 3.23. The van der Waals surface area contributed by atoms with Crippen LogP contribution < -0.4 is 10.5 Å². The van der Waals surface area contributed by atoms with Crippen LogP contribution in [0.3, 0.4) is 0 Å². The zero-order valence-corrected chi connectivity index (χ0v) is 10.8. The molecule has 0 aliphatic carbocycles. The van der Waals surface area contributed by atoms with Crippen LogP contribution in [0.25, 0.3) is 10.8 Å². The van der Waals surface area contributed by atoms with Gasteiger partial charge in [-0.2, -0.15) is 0 Å². The van der Waals surface area contributed by atoms with E-state index in [0.717, 1.165) is 16.3 Å². The number of aliphatic hydroxyl groups is 1. The molecule has 2 aromatic carbocycles. The third kappa shape index (κ3) is 2.17. The fourth-order valence-corrected chi connectivity index (χ4v) is 2.11. The van der Waals surface area contributed by atoms with Gasteiger partial charge in [-0.3, -0.25) is 4.98 Å². The predicted molar refractivity (Wildman–Crippen MR) is 78.6 cm³/mol. The van der Waals surface area contributed by atoms with E-state index in [-0.39, 0.29) is 6.61 Å². The highest BCUT2D eigenvalue weighted by Crippen LogP contribution is 2.34. The largest absolute Gasteiger partial charge is 0.455 e. The molecule has 4 nitrogen and oxygen atoms in total. The van der Waals surface area contributed by atoms with Crippen LogP contribution in [0.5, 0.6) is 11.5 Å². The molecule has 0 saturated carbocycles. The number of para-hydroxylation sites is 1. The highest BCUT2D eigenvalue weighted by atomic mass is 16.5. The van der Waals surface area contributed by atoms with Gasteiger partial charge < -0.3 is 15.6 Å². The second-order valence-corrected chi connectivity index (χ2v) is 4.44. The molecular weight excluding hydrogens is 252 g/mol. The average molecular weight is 266 g/mol. The van der Waals surface area contributed by atoms with Crippen LogP contribution >= 0.6 is 0 Å². The molecule has 0 amide bonds. The minimum absolute atomic E-state index is 0.0758. The molecule has 3 rings (SSSR count). The molecule has 20 heavy (non-hydrogen) atoms. The molecule has 0 aliphatic heterocycles. The first kappa shape index (κ1) is 12.4. The molecule has 100 valence electrons. The lowest BCUT2D eigenvalue weighted by molar-refractivity contribution is 0.276. The van der Waals surface area contributed by atoms with Crippen LogP contribution in [0, 0.1) is 0 Å². The van der Waals surface area contributed by atoms with E-state index in [2.05, 4.69) is 4.98 Å². The fraction of sp³-hybridized carbons (Fsp3) is 0.0625. The monoisotopic (exact) mass is 266 g/mol. The molecule has 0 bridgehead atoms. The van der Waals surface area contributed by atoms with Crippen LogP contribution in [-0.4, -0.2) is 10.1 Å². The number of anilines is 1. The Morgan fingerprint density at radius 1 is 1.05 bits per heavy atom. The number of fused-ring (bicyclic) bond motifs is 1. The molecule has 0 atom stereocenters. The van der Waals surface area contributed by atoms with Crippen molar-refractivity contribution in [2.24, 2.45) is 0 Å². The maximum absolute atomic E-state index is 9.32. The molecule has 0 spiro atoms. The van der Waals surface area contributed by atoms with Gasteiger partial charge in [0.05, 0.1) is 12.3 Å². The van der Waals surface area contributed by atoms with Gasteiger partial charge in [0.1, 0.15) is 5.75 Å². The number of benzene rings is 2. The van der Waals surface area contributed by atoms with Crippen molar-refractivity contribution in [2.75, 3.05) is 5.73 Å². The summed E-state index contributed by atoms with van der Waals surface area (Å²) in [5.41, 5.74) is 7.43. The zero-order valence-electron chi connectivity index (χ0n) is 10.8. The van der Waals surface area contributed by atoms with Crippen molar-refractivity contribution < 1.29 is 9.84 Å². The van der Waals surface area contributed by atoms with Gasteiger partial charge in [-0.15, -0.1) is 0 Å². The van der Waals surface area contributed by atoms with Crippen molar-refractivity contribution in [3.05, 3.63) is 60.4 Å². The summed E-state index contributed by atoms with van der Waals surface area (Å²) in [5, 5.41) is 11.2. The first-order valence-corrected chi connectivity index (χ1v) is 6.28. The van der Waals surface area contributed by atoms with Gasteiger partial charge >= 0.3 is 0 Å². The Bertz CT molecular complexity index is 756. The van der Waals surface area contributed by atoms with Gasteiger partial charge in [-0.25, -0.2) is 0 Å². The first-order chi connectivity index (χ1) is 9.79. The number of hydrogen-bond donors (Lipinski definition) is 2. The van der Waals surface area contributed by atoms with E-state index in [1.165, 1.54) is 0 Å². The van der Waals surface area contributed by atoms with Crippen LogP contribution in [-0.2, 0) is 6.61 Å². The van der Waals surface area contributed by atoms with Crippen molar-refractivity contribution in [3.63, 3.8) is 0 Å². The number of nitrogens with two attached hydrogens (primary N) is 1. The topological polar surface area (TPSA) is 68.4 Å². The maximum Gasteiger partial charge on any atom is 0.150 e. The lowest BCUT2D eigenvalue weighted by Crippen LogP contribution is -1.96. The van der Waals surface area contributed by atoms with Gasteiger partial charge in [0.2, 0.25) is 0 Å². The molecule has 0 unspecified atom stereocenters. The molecule has 0 aliphatic rings. The molecule has 1 aromatic heterocycles. The summed E-state index contributed by atoms with van der Waals surface area (Å²) in [6.45, 7) is -0.0758. The van der Waals surface area contributed by atoms with Crippen LogP contribution in [0.2, 0.25) is 0 Å². The molecule has 0 fully saturated rings. The minimum atomic E-state index is -0.0758. The van der Waals surface area contributed by atoms with E-state index in [1.54, 1.807) is 12.4 Å². The number of ether oxygens (including phenoxy) is 1. The van der Waals surface area contributed by atoms with Gasteiger partial charge in [-0.05, 0) is 24.3 Å². The standard InChI is InChI=1S/C16H14N2O2/c17-16-13-7-8-18-9-11(13)5-6-15(16)20-14-4-2-1-3-12(14)10-19/h1-9,19H,10,17H2. The SMILES string of the molecule is Nc1c(Oc2ccccc2CO)ccc2cnccc12. The average Bonchev–Trinajstić information content (AvgIpc) is 2.51. The lowest BCUT2D eigenvalue weighted by atomic mass is 10.1. The number of aliphatic hydroxyl groups excluding tert-OH is 1. The Hall–Kier alpha value is -2.59. The third-order valence-corrected chi connectivity index (χ3v) is 3.18. The number of rotatable bonds is 3. The molecular formula is C16H14N2O2. The van der Waals surface area contributed by atoms with Gasteiger partial charge in [0.15, 0.2) is 5.75 Å². The van der Waals surface area contributed by atoms with Crippen LogP contribution in [0.15, 0.2) is 54.9 Å². The Labute approximate surface area is 116 Å². The second kappa shape index (κ2) is 5.19. The molecule has 3 aromatic rings. The zero-order chi connectivity index (χ0) is 13.9. The molecule has 0 radical (unpaired) electrons. The Morgan fingerprint density at radius 2 is 1.90 bits per heavy atom. The van der Waals surface area contributed by atoms with Crippen molar-refractivity contribution in [2.45, 2.75) is 6.61 Å². The minimum Gasteiger partial charge on any atom is -0.455 e. The first-order valence-electron chi connectivity index (χ1n) is 6.28. The fourth-order valence-electron chi connectivity index (χ4n) is 2.11. The second-order valence-electron chi connectivity index (χ2n) is 4.44. The summed E-state index contributed by atoms with van der Waals surface area (Å²) in [4.78, 5) is 4.07. The summed E-state index contributed by atoms with van der Waals surface area (Å²) >= 11 is 0. The summed E-state index contributed by atoms with van der Waals surface area (Å²) in [6, 6.07) is 12.9. The Balaban J connectivity index is 2.05. The molecule has 3 N–H and O–H groups in total. The van der Waals surface area contributed by atoms with Gasteiger partial charge in [0, 0.05) is 28.7 Å². The van der Waals surface area contributed by atoms with E-state index in [9.17, 15) is 5.11 Å². The van der Waals surface area contributed by atoms with Gasteiger partial charge in [-0.1, -0.05) is 18.2 Å². The highest BCUT2D eigenvalue weighted by Gasteiger charge is 2.08. The number of hydrogen-bond acceptors (Lipinski definition) is 4. The quantitative estimate of drug-likeness (QED) is 0.715. The predicted octanol–water partition coefficient (Wildman–Crippen LogP) is 3.10. The summed E-state index contributed by atoms with van der Waals surface area (Å²) in [6.07, 6.45) is 3.46. The molecule has 1 heterocycles. The normalized spacial score (nSPS) is 10.7. The van der Waals surface area contributed by atoms with Crippen LogP contribution in [0.4, 0.5) is 5.69 Å². The summed E-state index contributed by atoms with van der Waals surface area (Å²) in [7, 11) is 0. The number of nitrogens with zero attached hydrogens (tertiary/aromatic N) is 1. The number of pyridine rings is 1. The van der Waals surface area contributed by atoms with E-state index in [4.69, 9.17) is 10.5 Å². The van der Waals surface area contributed by atoms with Crippen molar-refractivity contribution >= 4 is 16.5 Å². The third-order valence-electron chi connectivity index (χ3n) is 3.18. The van der Waals surface area contributed by atoms with E-state index < -0.39 is 0 Å². The maximum atomic E-state index is 9.32. The summed E-state index contributed by atoms with van der Waals surface area (Å²) in [5.74, 6) is 1.18. The van der Waals surface area contributed by atoms with Crippen molar-refractivity contribution in [1.29, 1.82) is 0 Å². The summed E-state index contributed by atoms with van der Waals surface area (Å²) < 4.78 is 5.83. The van der Waals surface area contributed by atoms with Crippen molar-refractivity contribution in [3.8, 4) is 11.5 Å². The Morgan fingerprint density at radius 3 is 2.75 bits per heavy atom. The van der Waals surface area contributed by atoms with E-state index in [1.807, 2.05) is 42.5 Å². The van der Waals surface area contributed by atoms with Crippen molar-refractivity contribution in [1.82, 2.24) is 4.98 Å². The molecule has 4 heteroatoms. The number of nitrogen functional groups attached to an aromatic ring is 1. The van der Waals surface area contributed by atoms with E-state index >= 15 is 0 Å². The van der Waals surface area contributed by atoms with Crippen LogP contribution in [0.1, 0.15) is 5.56 Å². The molecule has 0 saturated heterocycles. The number of aromatic nitrogens is 1. The lowest BCUT2D eigenvalue weighted by Gasteiger charge is -2.12. The smallest absolute Gasteiger partial charge is 0.150 e. The highest BCUT2D eigenvalue weighted by molar-refractivity contribution is 5.95.